The maximum atomic E-state index is 6.31. The van der Waals surface area contributed by atoms with Gasteiger partial charge in [0.2, 0.25) is 5.95 Å². The molecule has 0 aromatic carbocycles. The van der Waals surface area contributed by atoms with Gasteiger partial charge in [-0.15, -0.1) is 0 Å². The van der Waals surface area contributed by atoms with Gasteiger partial charge in [-0.3, -0.25) is 0 Å². The van der Waals surface area contributed by atoms with Gasteiger partial charge in [0.15, 0.2) is 0 Å². The molecular weight excluding hydrogens is 274 g/mol. The van der Waals surface area contributed by atoms with Gasteiger partial charge in [-0.05, 0) is 33.1 Å². The van der Waals surface area contributed by atoms with Crippen LogP contribution in [0.25, 0.3) is 0 Å². The van der Waals surface area contributed by atoms with Crippen molar-refractivity contribution >= 4 is 17.5 Å². The van der Waals surface area contributed by atoms with Gasteiger partial charge in [0.05, 0.1) is 24.3 Å². The fourth-order valence-electron chi connectivity index (χ4n) is 2.54. The highest BCUT2D eigenvalue weighted by Gasteiger charge is 2.22. The lowest BCUT2D eigenvalue weighted by molar-refractivity contribution is 0.652. The summed E-state index contributed by atoms with van der Waals surface area (Å²) in [5, 5.41) is 0.609. The summed E-state index contributed by atoms with van der Waals surface area (Å²) in [7, 11) is 0. The lowest BCUT2D eigenvalue weighted by Gasteiger charge is -2.26. The third-order valence-corrected chi connectivity index (χ3v) is 3.96. The molecule has 1 aliphatic rings. The second-order valence-corrected chi connectivity index (χ2v) is 5.75. The van der Waals surface area contributed by atoms with Crippen LogP contribution < -0.4 is 4.90 Å². The number of fused-ring (bicyclic) bond motifs is 1. The van der Waals surface area contributed by atoms with Gasteiger partial charge in [-0.1, -0.05) is 11.6 Å². The minimum Gasteiger partial charge on any atom is -0.347 e. The Morgan fingerprint density at radius 2 is 2.20 bits per heavy atom. The second kappa shape index (κ2) is 5.40. The monoisotopic (exact) mass is 291 g/mol. The van der Waals surface area contributed by atoms with Gasteiger partial charge in [-0.2, -0.15) is 0 Å². The number of hydrogen-bond acceptors (Lipinski definition) is 4. The van der Waals surface area contributed by atoms with Gasteiger partial charge < -0.3 is 9.88 Å². The first-order chi connectivity index (χ1) is 9.65. The molecule has 0 saturated carbocycles. The Labute approximate surface area is 123 Å². The van der Waals surface area contributed by atoms with E-state index < -0.39 is 0 Å². The normalized spacial score (nSPS) is 13.8. The average molecular weight is 292 g/mol. The molecular formula is C14H18ClN5. The number of nitrogens with one attached hydrogen (secondary N) is 1. The number of rotatable bonds is 4. The Morgan fingerprint density at radius 1 is 1.35 bits per heavy atom. The van der Waals surface area contributed by atoms with E-state index in [2.05, 4.69) is 33.7 Å². The summed E-state index contributed by atoms with van der Waals surface area (Å²) < 4.78 is 0. The van der Waals surface area contributed by atoms with Crippen LogP contribution in [0.15, 0.2) is 12.5 Å². The average Bonchev–Trinajstić information content (AvgIpc) is 3.06. The van der Waals surface area contributed by atoms with Crippen LogP contribution in [0.3, 0.4) is 0 Å². The quantitative estimate of drug-likeness (QED) is 0.880. The van der Waals surface area contributed by atoms with Gasteiger partial charge in [0, 0.05) is 17.8 Å². The number of H-pyrrole nitrogens is 1. The highest BCUT2D eigenvalue weighted by Crippen LogP contribution is 2.29. The minimum atomic E-state index is 0.286. The van der Waals surface area contributed by atoms with Crippen molar-refractivity contribution in [2.75, 3.05) is 4.90 Å². The van der Waals surface area contributed by atoms with Crippen LogP contribution in [0.5, 0.6) is 0 Å². The molecule has 1 aliphatic carbocycles. The van der Waals surface area contributed by atoms with E-state index in [0.717, 1.165) is 36.2 Å². The van der Waals surface area contributed by atoms with Crippen molar-refractivity contribution in [2.45, 2.75) is 45.7 Å². The van der Waals surface area contributed by atoms with Gasteiger partial charge >= 0.3 is 0 Å². The molecule has 0 bridgehead atoms. The summed E-state index contributed by atoms with van der Waals surface area (Å²) >= 11 is 6.31. The van der Waals surface area contributed by atoms with Crippen LogP contribution >= 0.6 is 11.6 Å². The van der Waals surface area contributed by atoms with E-state index in [1.54, 1.807) is 6.33 Å². The van der Waals surface area contributed by atoms with Crippen molar-refractivity contribution in [1.29, 1.82) is 0 Å². The Morgan fingerprint density at radius 3 is 2.90 bits per heavy atom. The van der Waals surface area contributed by atoms with Crippen LogP contribution in [0.2, 0.25) is 5.15 Å². The molecule has 5 nitrogen and oxygen atoms in total. The standard InChI is InChI=1S/C14H18ClN5/c1-9(2)20(7-10-6-16-8-17-10)14-18-12-5-3-4-11(12)13(15)19-14/h6,8-9H,3-5,7H2,1-2H3,(H,16,17). The summed E-state index contributed by atoms with van der Waals surface area (Å²) in [5.74, 6) is 0.709. The minimum absolute atomic E-state index is 0.286. The second-order valence-electron chi connectivity index (χ2n) is 5.39. The fraction of sp³-hybridized carbons (Fsp3) is 0.500. The number of halogens is 1. The highest BCUT2D eigenvalue weighted by atomic mass is 35.5. The lowest BCUT2D eigenvalue weighted by Crippen LogP contribution is -2.32. The molecule has 2 aromatic heterocycles. The van der Waals surface area contributed by atoms with Crippen molar-refractivity contribution in [3.05, 3.63) is 34.6 Å². The van der Waals surface area contributed by atoms with Crippen LogP contribution in [-0.4, -0.2) is 26.0 Å². The van der Waals surface area contributed by atoms with E-state index in [-0.39, 0.29) is 6.04 Å². The van der Waals surface area contributed by atoms with Crippen LogP contribution in [-0.2, 0) is 19.4 Å². The van der Waals surface area contributed by atoms with Crippen molar-refractivity contribution in [3.8, 4) is 0 Å². The Kier molecular flexibility index (Phi) is 3.61. The molecule has 6 heteroatoms. The molecule has 20 heavy (non-hydrogen) atoms. The third-order valence-electron chi connectivity index (χ3n) is 3.65. The molecule has 0 unspecified atom stereocenters. The van der Waals surface area contributed by atoms with Gasteiger partial charge in [0.25, 0.3) is 0 Å². The van der Waals surface area contributed by atoms with Crippen molar-refractivity contribution in [2.24, 2.45) is 0 Å². The topological polar surface area (TPSA) is 57.7 Å². The summed E-state index contributed by atoms with van der Waals surface area (Å²) in [6, 6.07) is 0.286. The maximum Gasteiger partial charge on any atom is 0.227 e. The van der Waals surface area contributed by atoms with Gasteiger partial charge in [0.1, 0.15) is 5.15 Å². The SMILES string of the molecule is CC(C)N(Cc1cnc[nH]1)c1nc(Cl)c2c(n1)CCC2. The number of aromatic amines is 1. The van der Waals surface area contributed by atoms with E-state index in [4.69, 9.17) is 16.6 Å². The summed E-state index contributed by atoms with van der Waals surface area (Å²) in [6.45, 7) is 4.95. The molecule has 0 saturated heterocycles. The smallest absolute Gasteiger partial charge is 0.227 e. The predicted octanol–water partition coefficient (Wildman–Crippen LogP) is 2.76. The summed E-state index contributed by atoms with van der Waals surface area (Å²) in [4.78, 5) is 18.5. The third kappa shape index (κ3) is 2.50. The van der Waals surface area contributed by atoms with E-state index in [0.29, 0.717) is 17.6 Å². The van der Waals surface area contributed by atoms with Crippen LogP contribution in [0.1, 0.15) is 37.2 Å². The molecule has 1 N–H and O–H groups in total. The summed E-state index contributed by atoms with van der Waals surface area (Å²) in [5.41, 5.74) is 3.27. The molecule has 0 radical (unpaired) electrons. The Hall–Kier alpha value is -1.62. The molecule has 0 amide bonds. The fourth-order valence-corrected chi connectivity index (χ4v) is 2.82. The molecule has 0 aliphatic heterocycles. The van der Waals surface area contributed by atoms with Crippen LogP contribution in [0, 0.1) is 0 Å². The zero-order valence-corrected chi connectivity index (χ0v) is 12.5. The Bertz CT molecular complexity index is 594. The molecule has 2 heterocycles. The molecule has 0 atom stereocenters. The number of imidazole rings is 1. The predicted molar refractivity (Wildman–Crippen MR) is 79.0 cm³/mol. The Balaban J connectivity index is 1.93. The van der Waals surface area contributed by atoms with E-state index >= 15 is 0 Å². The molecule has 106 valence electrons. The van der Waals surface area contributed by atoms with Crippen molar-refractivity contribution in [3.63, 3.8) is 0 Å². The maximum absolute atomic E-state index is 6.31. The molecule has 0 fully saturated rings. The number of aromatic nitrogens is 4. The lowest BCUT2D eigenvalue weighted by atomic mass is 10.2. The molecule has 2 aromatic rings. The highest BCUT2D eigenvalue weighted by molar-refractivity contribution is 6.30. The molecule has 0 spiro atoms. The number of anilines is 1. The molecule has 3 rings (SSSR count). The zero-order chi connectivity index (χ0) is 14.1. The van der Waals surface area contributed by atoms with E-state index in [9.17, 15) is 0 Å². The summed E-state index contributed by atoms with van der Waals surface area (Å²) in [6.07, 6.45) is 6.63. The van der Waals surface area contributed by atoms with E-state index in [1.807, 2.05) is 6.20 Å². The zero-order valence-electron chi connectivity index (χ0n) is 11.7. The van der Waals surface area contributed by atoms with Crippen LogP contribution in [0.4, 0.5) is 5.95 Å². The van der Waals surface area contributed by atoms with Gasteiger partial charge in [-0.25, -0.2) is 15.0 Å². The van der Waals surface area contributed by atoms with Crippen molar-refractivity contribution in [1.82, 2.24) is 19.9 Å². The van der Waals surface area contributed by atoms with E-state index in [1.165, 1.54) is 0 Å². The number of aryl methyl sites for hydroxylation is 1. The number of hydrogen-bond donors (Lipinski definition) is 1. The largest absolute Gasteiger partial charge is 0.347 e. The first kappa shape index (κ1) is 13.4. The first-order valence-electron chi connectivity index (χ1n) is 6.94. The van der Waals surface area contributed by atoms with Crippen molar-refractivity contribution < 1.29 is 0 Å². The first-order valence-corrected chi connectivity index (χ1v) is 7.32. The number of nitrogens with zero attached hydrogens (tertiary/aromatic N) is 4.